The van der Waals surface area contributed by atoms with Gasteiger partial charge in [-0.1, -0.05) is 6.42 Å². The van der Waals surface area contributed by atoms with Crippen LogP contribution in [0.1, 0.15) is 30.4 Å². The smallest absolute Gasteiger partial charge is 0.122 e. The van der Waals surface area contributed by atoms with Crippen molar-refractivity contribution in [1.29, 1.82) is 0 Å². The predicted octanol–water partition coefficient (Wildman–Crippen LogP) is 2.02. The first-order valence-electron chi connectivity index (χ1n) is 7.89. The number of piperidine rings is 1. The van der Waals surface area contributed by atoms with Crippen molar-refractivity contribution < 1.29 is 14.6 Å². The van der Waals surface area contributed by atoms with E-state index in [-0.39, 0.29) is 12.1 Å². The van der Waals surface area contributed by atoms with Crippen molar-refractivity contribution in [3.05, 3.63) is 23.3 Å². The van der Waals surface area contributed by atoms with Crippen LogP contribution in [0.5, 0.6) is 11.5 Å². The predicted molar refractivity (Wildman–Crippen MR) is 82.2 cm³/mol. The number of fused-ring (bicyclic) bond motifs is 1. The first kappa shape index (κ1) is 14.7. The third-order valence-corrected chi connectivity index (χ3v) is 4.92. The van der Waals surface area contributed by atoms with Gasteiger partial charge < -0.3 is 14.6 Å². The Morgan fingerprint density at radius 1 is 0.952 bits per heavy atom. The van der Waals surface area contributed by atoms with E-state index in [1.54, 1.807) is 14.2 Å². The molecular formula is C17H25NO3. The molecular weight excluding hydrogens is 266 g/mol. The van der Waals surface area contributed by atoms with Crippen LogP contribution in [0.2, 0.25) is 0 Å². The lowest BCUT2D eigenvalue weighted by Gasteiger charge is -2.40. The molecule has 0 amide bonds. The zero-order valence-corrected chi connectivity index (χ0v) is 13.0. The summed E-state index contributed by atoms with van der Waals surface area (Å²) in [6.07, 6.45) is 4.97. The molecule has 0 saturated carbocycles. The average Bonchev–Trinajstić information content (AvgIpc) is 2.54. The SMILES string of the molecule is COc1ccc(OC)c2c1C[C@H](O)[C@@H](N1CCCCC1)C2. The molecule has 21 heavy (non-hydrogen) atoms. The molecule has 3 rings (SSSR count). The number of likely N-dealkylation sites (tertiary alicyclic amines) is 1. The van der Waals surface area contributed by atoms with Crippen molar-refractivity contribution in [2.45, 2.75) is 44.2 Å². The van der Waals surface area contributed by atoms with E-state index in [4.69, 9.17) is 9.47 Å². The number of aliphatic hydroxyl groups is 1. The summed E-state index contributed by atoms with van der Waals surface area (Å²) in [7, 11) is 3.40. The molecule has 0 bridgehead atoms. The van der Waals surface area contributed by atoms with Gasteiger partial charge in [0.2, 0.25) is 0 Å². The summed E-state index contributed by atoms with van der Waals surface area (Å²) >= 11 is 0. The molecule has 116 valence electrons. The summed E-state index contributed by atoms with van der Waals surface area (Å²) in [5.74, 6) is 1.78. The highest BCUT2D eigenvalue weighted by Gasteiger charge is 2.35. The molecule has 1 saturated heterocycles. The molecule has 1 aromatic carbocycles. The Hall–Kier alpha value is -1.26. The average molecular weight is 291 g/mol. The number of hydrogen-bond donors (Lipinski definition) is 1. The second-order valence-corrected chi connectivity index (χ2v) is 6.07. The lowest BCUT2D eigenvalue weighted by Crippen LogP contribution is -2.50. The monoisotopic (exact) mass is 291 g/mol. The number of methoxy groups -OCH3 is 2. The maximum atomic E-state index is 10.6. The van der Waals surface area contributed by atoms with E-state index in [2.05, 4.69) is 4.90 Å². The summed E-state index contributed by atoms with van der Waals surface area (Å²) in [5.41, 5.74) is 2.32. The van der Waals surface area contributed by atoms with Gasteiger partial charge in [0.15, 0.2) is 0 Å². The number of benzene rings is 1. The third kappa shape index (κ3) is 2.74. The highest BCUT2D eigenvalue weighted by Crippen LogP contribution is 2.37. The third-order valence-electron chi connectivity index (χ3n) is 4.92. The number of ether oxygens (including phenoxy) is 2. The normalized spacial score (nSPS) is 26.2. The van der Waals surface area contributed by atoms with Crippen LogP contribution < -0.4 is 9.47 Å². The Kier molecular flexibility index (Phi) is 4.36. The van der Waals surface area contributed by atoms with Crippen LogP contribution in [0.3, 0.4) is 0 Å². The van der Waals surface area contributed by atoms with E-state index in [0.717, 1.165) is 36.6 Å². The molecule has 2 atom stereocenters. The number of aliphatic hydroxyl groups excluding tert-OH is 1. The van der Waals surface area contributed by atoms with Gasteiger partial charge in [0.05, 0.1) is 20.3 Å². The molecule has 1 fully saturated rings. The number of rotatable bonds is 3. The molecule has 0 radical (unpaired) electrons. The van der Waals surface area contributed by atoms with Gasteiger partial charge in [0.1, 0.15) is 11.5 Å². The Morgan fingerprint density at radius 2 is 1.52 bits per heavy atom. The van der Waals surface area contributed by atoms with Crippen LogP contribution in [0.4, 0.5) is 0 Å². The molecule has 2 aliphatic rings. The first-order valence-corrected chi connectivity index (χ1v) is 7.89. The second kappa shape index (κ2) is 6.24. The fraction of sp³-hybridized carbons (Fsp3) is 0.647. The van der Waals surface area contributed by atoms with Crippen molar-refractivity contribution in [1.82, 2.24) is 4.90 Å². The van der Waals surface area contributed by atoms with Crippen molar-refractivity contribution >= 4 is 0 Å². The highest BCUT2D eigenvalue weighted by molar-refractivity contribution is 5.51. The minimum Gasteiger partial charge on any atom is -0.496 e. The van der Waals surface area contributed by atoms with Crippen LogP contribution in [-0.2, 0) is 12.8 Å². The van der Waals surface area contributed by atoms with Crippen LogP contribution in [-0.4, -0.2) is 49.5 Å². The van der Waals surface area contributed by atoms with Gasteiger partial charge in [-0.25, -0.2) is 0 Å². The second-order valence-electron chi connectivity index (χ2n) is 6.07. The van der Waals surface area contributed by atoms with Crippen molar-refractivity contribution in [3.8, 4) is 11.5 Å². The van der Waals surface area contributed by atoms with E-state index < -0.39 is 0 Å². The molecule has 1 heterocycles. The van der Waals surface area contributed by atoms with E-state index in [9.17, 15) is 5.11 Å². The van der Waals surface area contributed by atoms with Crippen LogP contribution in [0.25, 0.3) is 0 Å². The molecule has 0 unspecified atom stereocenters. The topological polar surface area (TPSA) is 41.9 Å². The minimum absolute atomic E-state index is 0.207. The maximum Gasteiger partial charge on any atom is 0.122 e. The van der Waals surface area contributed by atoms with Crippen molar-refractivity contribution in [2.75, 3.05) is 27.3 Å². The number of nitrogens with zero attached hydrogens (tertiary/aromatic N) is 1. The van der Waals surface area contributed by atoms with Gasteiger partial charge in [0, 0.05) is 23.6 Å². The van der Waals surface area contributed by atoms with Gasteiger partial charge in [-0.05, 0) is 44.5 Å². The van der Waals surface area contributed by atoms with Crippen molar-refractivity contribution in [2.24, 2.45) is 0 Å². The zero-order chi connectivity index (χ0) is 14.8. The maximum absolute atomic E-state index is 10.6. The minimum atomic E-state index is -0.323. The molecule has 4 heteroatoms. The lowest BCUT2D eigenvalue weighted by molar-refractivity contribution is 0.0316. The Bertz CT molecular complexity index is 497. The largest absolute Gasteiger partial charge is 0.496 e. The Balaban J connectivity index is 1.91. The fourth-order valence-corrected chi connectivity index (χ4v) is 3.79. The summed E-state index contributed by atoms with van der Waals surface area (Å²) in [6, 6.07) is 4.12. The van der Waals surface area contributed by atoms with Gasteiger partial charge in [-0.2, -0.15) is 0 Å². The Morgan fingerprint density at radius 3 is 2.10 bits per heavy atom. The van der Waals surface area contributed by atoms with Gasteiger partial charge in [-0.15, -0.1) is 0 Å². The molecule has 1 aromatic rings. The lowest BCUT2D eigenvalue weighted by atomic mass is 9.83. The van der Waals surface area contributed by atoms with Crippen LogP contribution in [0.15, 0.2) is 12.1 Å². The van der Waals surface area contributed by atoms with Gasteiger partial charge >= 0.3 is 0 Å². The molecule has 1 aliphatic heterocycles. The van der Waals surface area contributed by atoms with E-state index in [1.165, 1.54) is 24.8 Å². The highest BCUT2D eigenvalue weighted by atomic mass is 16.5. The van der Waals surface area contributed by atoms with Gasteiger partial charge in [0.25, 0.3) is 0 Å². The van der Waals surface area contributed by atoms with E-state index >= 15 is 0 Å². The molecule has 1 aliphatic carbocycles. The molecule has 4 nitrogen and oxygen atoms in total. The van der Waals surface area contributed by atoms with Crippen LogP contribution in [0, 0.1) is 0 Å². The summed E-state index contributed by atoms with van der Waals surface area (Å²) in [5, 5.41) is 10.6. The van der Waals surface area contributed by atoms with E-state index in [0.29, 0.717) is 6.42 Å². The van der Waals surface area contributed by atoms with Crippen LogP contribution >= 0.6 is 0 Å². The quantitative estimate of drug-likeness (QED) is 0.925. The summed E-state index contributed by atoms with van der Waals surface area (Å²) in [6.45, 7) is 2.20. The number of hydrogen-bond acceptors (Lipinski definition) is 4. The molecule has 1 N–H and O–H groups in total. The summed E-state index contributed by atoms with van der Waals surface area (Å²) in [4.78, 5) is 2.45. The van der Waals surface area contributed by atoms with Gasteiger partial charge in [-0.3, -0.25) is 4.90 Å². The first-order chi connectivity index (χ1) is 10.2. The molecule has 0 aromatic heterocycles. The zero-order valence-electron chi connectivity index (χ0n) is 13.0. The summed E-state index contributed by atoms with van der Waals surface area (Å²) < 4.78 is 11.0. The standard InChI is InChI=1S/C17H25NO3/c1-20-16-6-7-17(21-2)13-11-15(19)14(10-12(13)16)18-8-4-3-5-9-18/h6-7,14-15,19H,3-5,8-11H2,1-2H3/t14-,15-/m0/s1. The van der Waals surface area contributed by atoms with Crippen molar-refractivity contribution in [3.63, 3.8) is 0 Å². The van der Waals surface area contributed by atoms with E-state index in [1.807, 2.05) is 12.1 Å². The Labute approximate surface area is 126 Å². The fourth-order valence-electron chi connectivity index (χ4n) is 3.79. The molecule has 0 spiro atoms.